The largest absolute Gasteiger partial charge is 0.507 e. The smallest absolute Gasteiger partial charge is 0.123 e. The van der Waals surface area contributed by atoms with Crippen LogP contribution in [0, 0.1) is 0 Å². The van der Waals surface area contributed by atoms with Crippen molar-refractivity contribution in [2.45, 2.75) is 13.0 Å². The highest BCUT2D eigenvalue weighted by atomic mass is 16.5. The molecule has 0 spiro atoms. The molecule has 0 aromatic heterocycles. The Morgan fingerprint density at radius 3 is 2.57 bits per heavy atom. The zero-order valence-corrected chi connectivity index (χ0v) is 12.2. The Morgan fingerprint density at radius 1 is 1.05 bits per heavy atom. The molecule has 0 fully saturated rings. The Kier molecular flexibility index (Phi) is 5.91. The van der Waals surface area contributed by atoms with Gasteiger partial charge in [-0.15, -0.1) is 0 Å². The number of methoxy groups -OCH3 is 1. The van der Waals surface area contributed by atoms with Crippen LogP contribution in [0.3, 0.4) is 0 Å². The monoisotopic (exact) mass is 287 g/mol. The average Bonchev–Trinajstić information content (AvgIpc) is 2.53. The highest BCUT2D eigenvalue weighted by Gasteiger charge is 2.02. The van der Waals surface area contributed by atoms with E-state index in [0.29, 0.717) is 18.9 Å². The Bertz CT molecular complexity index is 543. The Balaban J connectivity index is 1.64. The minimum absolute atomic E-state index is 0.252. The Labute approximate surface area is 125 Å². The van der Waals surface area contributed by atoms with Crippen LogP contribution in [-0.4, -0.2) is 25.4 Å². The zero-order chi connectivity index (χ0) is 14.9. The molecule has 2 rings (SSSR count). The lowest BCUT2D eigenvalue weighted by Gasteiger charge is -2.09. The number of aromatic hydroxyl groups is 1. The van der Waals surface area contributed by atoms with Crippen LogP contribution in [0.1, 0.15) is 12.0 Å². The van der Waals surface area contributed by atoms with E-state index in [9.17, 15) is 5.11 Å². The molecular formula is C17H21NO3. The van der Waals surface area contributed by atoms with Crippen LogP contribution in [0.2, 0.25) is 0 Å². The molecule has 112 valence electrons. The van der Waals surface area contributed by atoms with Crippen molar-refractivity contribution in [3.63, 3.8) is 0 Å². The van der Waals surface area contributed by atoms with E-state index in [1.807, 2.05) is 42.5 Å². The number of nitrogens with one attached hydrogen (secondary N) is 1. The molecule has 4 heteroatoms. The van der Waals surface area contributed by atoms with E-state index in [1.54, 1.807) is 13.2 Å². The van der Waals surface area contributed by atoms with E-state index in [1.165, 1.54) is 0 Å². The molecule has 0 atom stereocenters. The third-order valence-electron chi connectivity index (χ3n) is 3.12. The van der Waals surface area contributed by atoms with Crippen molar-refractivity contribution in [1.82, 2.24) is 5.32 Å². The standard InChI is InChI=1S/C17H21NO3/c1-20-16-9-8-14(17(19)12-16)13-18-10-5-11-21-15-6-3-2-4-7-15/h2-4,6-9,12,18-19H,5,10-11,13H2,1H3. The predicted molar refractivity (Wildman–Crippen MR) is 82.9 cm³/mol. The molecule has 0 heterocycles. The zero-order valence-electron chi connectivity index (χ0n) is 12.2. The average molecular weight is 287 g/mol. The maximum atomic E-state index is 9.83. The molecule has 0 aliphatic carbocycles. The second-order valence-electron chi connectivity index (χ2n) is 4.69. The summed E-state index contributed by atoms with van der Waals surface area (Å²) in [6.07, 6.45) is 0.909. The van der Waals surface area contributed by atoms with Crippen LogP contribution >= 0.6 is 0 Å². The first-order valence-corrected chi connectivity index (χ1v) is 7.04. The van der Waals surface area contributed by atoms with Gasteiger partial charge in [-0.05, 0) is 31.2 Å². The lowest BCUT2D eigenvalue weighted by Crippen LogP contribution is -2.17. The fraction of sp³-hybridized carbons (Fsp3) is 0.294. The van der Waals surface area contributed by atoms with Crippen LogP contribution < -0.4 is 14.8 Å². The van der Waals surface area contributed by atoms with Crippen molar-refractivity contribution in [1.29, 1.82) is 0 Å². The minimum Gasteiger partial charge on any atom is -0.507 e. The molecule has 0 unspecified atom stereocenters. The van der Waals surface area contributed by atoms with Gasteiger partial charge in [-0.2, -0.15) is 0 Å². The molecule has 0 amide bonds. The van der Waals surface area contributed by atoms with E-state index < -0.39 is 0 Å². The van der Waals surface area contributed by atoms with Crippen molar-refractivity contribution in [2.24, 2.45) is 0 Å². The number of rotatable bonds is 8. The quantitative estimate of drug-likeness (QED) is 0.733. The second-order valence-corrected chi connectivity index (χ2v) is 4.69. The molecule has 0 saturated carbocycles. The fourth-order valence-electron chi connectivity index (χ4n) is 1.95. The number of benzene rings is 2. The molecule has 0 aliphatic rings. The van der Waals surface area contributed by atoms with Crippen molar-refractivity contribution in [2.75, 3.05) is 20.3 Å². The number of phenols is 1. The summed E-state index contributed by atoms with van der Waals surface area (Å²) in [5.74, 6) is 1.81. The second kappa shape index (κ2) is 8.17. The summed E-state index contributed by atoms with van der Waals surface area (Å²) in [7, 11) is 1.58. The van der Waals surface area contributed by atoms with Gasteiger partial charge in [-0.3, -0.25) is 0 Å². The van der Waals surface area contributed by atoms with Gasteiger partial charge in [0.25, 0.3) is 0 Å². The van der Waals surface area contributed by atoms with E-state index in [2.05, 4.69) is 5.32 Å². The summed E-state index contributed by atoms with van der Waals surface area (Å²) in [5, 5.41) is 13.1. The van der Waals surface area contributed by atoms with Crippen molar-refractivity contribution < 1.29 is 14.6 Å². The third-order valence-corrected chi connectivity index (χ3v) is 3.12. The summed E-state index contributed by atoms with van der Waals surface area (Å²) >= 11 is 0. The van der Waals surface area contributed by atoms with Gasteiger partial charge < -0.3 is 19.9 Å². The molecule has 4 nitrogen and oxygen atoms in total. The van der Waals surface area contributed by atoms with Crippen molar-refractivity contribution in [3.05, 3.63) is 54.1 Å². The lowest BCUT2D eigenvalue weighted by atomic mass is 10.2. The van der Waals surface area contributed by atoms with E-state index in [-0.39, 0.29) is 5.75 Å². The highest BCUT2D eigenvalue weighted by Crippen LogP contribution is 2.22. The SMILES string of the molecule is COc1ccc(CNCCCOc2ccccc2)c(O)c1. The summed E-state index contributed by atoms with van der Waals surface area (Å²) in [5.41, 5.74) is 0.861. The fourth-order valence-corrected chi connectivity index (χ4v) is 1.95. The van der Waals surface area contributed by atoms with Crippen LogP contribution in [0.15, 0.2) is 48.5 Å². The van der Waals surface area contributed by atoms with Crippen LogP contribution in [0.25, 0.3) is 0 Å². The molecular weight excluding hydrogens is 266 g/mol. The maximum Gasteiger partial charge on any atom is 0.123 e. The molecule has 0 aliphatic heterocycles. The minimum atomic E-state index is 0.252. The van der Waals surface area contributed by atoms with Crippen molar-refractivity contribution >= 4 is 0 Å². The number of hydrogen-bond donors (Lipinski definition) is 2. The van der Waals surface area contributed by atoms with Gasteiger partial charge in [0.2, 0.25) is 0 Å². The highest BCUT2D eigenvalue weighted by molar-refractivity contribution is 5.39. The molecule has 2 aromatic rings. The number of hydrogen-bond acceptors (Lipinski definition) is 4. The summed E-state index contributed by atoms with van der Waals surface area (Å²) in [6, 6.07) is 15.1. The first-order valence-electron chi connectivity index (χ1n) is 7.04. The van der Waals surface area contributed by atoms with Gasteiger partial charge in [-0.1, -0.05) is 24.3 Å². The van der Waals surface area contributed by atoms with Crippen molar-refractivity contribution in [3.8, 4) is 17.2 Å². The van der Waals surface area contributed by atoms with Gasteiger partial charge in [0.1, 0.15) is 17.2 Å². The lowest BCUT2D eigenvalue weighted by molar-refractivity contribution is 0.308. The predicted octanol–water partition coefficient (Wildman–Crippen LogP) is 2.96. The summed E-state index contributed by atoms with van der Waals surface area (Å²) < 4.78 is 10.7. The maximum absolute atomic E-state index is 9.83. The van der Waals surface area contributed by atoms with Gasteiger partial charge >= 0.3 is 0 Å². The van der Waals surface area contributed by atoms with Gasteiger partial charge in [0.05, 0.1) is 13.7 Å². The topological polar surface area (TPSA) is 50.7 Å². The van der Waals surface area contributed by atoms with Gasteiger partial charge in [-0.25, -0.2) is 0 Å². The first-order chi connectivity index (χ1) is 10.3. The first kappa shape index (κ1) is 15.2. The van der Waals surface area contributed by atoms with Crippen LogP contribution in [0.5, 0.6) is 17.2 Å². The molecule has 0 saturated heterocycles. The van der Waals surface area contributed by atoms with Gasteiger partial charge in [0, 0.05) is 18.2 Å². The Hall–Kier alpha value is -2.20. The molecule has 21 heavy (non-hydrogen) atoms. The molecule has 2 N–H and O–H groups in total. The van der Waals surface area contributed by atoms with Gasteiger partial charge in [0.15, 0.2) is 0 Å². The normalized spacial score (nSPS) is 10.3. The van der Waals surface area contributed by atoms with E-state index >= 15 is 0 Å². The number of para-hydroxylation sites is 1. The Morgan fingerprint density at radius 2 is 1.86 bits per heavy atom. The molecule has 2 aromatic carbocycles. The third kappa shape index (κ3) is 5.00. The summed E-state index contributed by atoms with van der Waals surface area (Å²) in [4.78, 5) is 0. The summed E-state index contributed by atoms with van der Waals surface area (Å²) in [6.45, 7) is 2.13. The number of ether oxygens (including phenoxy) is 2. The number of phenolic OH excluding ortho intramolecular Hbond substituents is 1. The van der Waals surface area contributed by atoms with E-state index in [4.69, 9.17) is 9.47 Å². The van der Waals surface area contributed by atoms with Crippen LogP contribution in [0.4, 0.5) is 0 Å². The van der Waals surface area contributed by atoms with Crippen LogP contribution in [-0.2, 0) is 6.54 Å². The van der Waals surface area contributed by atoms with E-state index in [0.717, 1.165) is 24.3 Å². The molecule has 0 radical (unpaired) electrons. The molecule has 0 bridgehead atoms.